The van der Waals surface area contributed by atoms with E-state index in [1.54, 1.807) is 24.3 Å². The van der Waals surface area contributed by atoms with Gasteiger partial charge in [-0.05, 0) is 24.6 Å². The summed E-state index contributed by atoms with van der Waals surface area (Å²) in [6.45, 7) is 0. The predicted molar refractivity (Wildman–Crippen MR) is 76.2 cm³/mol. The summed E-state index contributed by atoms with van der Waals surface area (Å²) in [6, 6.07) is 4.71. The number of rotatable bonds is 2. The van der Waals surface area contributed by atoms with Crippen molar-refractivity contribution in [2.45, 2.75) is 11.3 Å². The number of carboxylic acid groups (broad SMARTS) is 1. The van der Waals surface area contributed by atoms with Gasteiger partial charge in [-0.25, -0.2) is 9.78 Å². The highest BCUT2D eigenvalue weighted by Gasteiger charge is 2.39. The zero-order valence-electron chi connectivity index (χ0n) is 10.1. The Bertz CT molecular complexity index is 763. The molecule has 2 aromatic rings. The predicted octanol–water partition coefficient (Wildman–Crippen LogP) is 4.04. The van der Waals surface area contributed by atoms with Crippen LogP contribution in [0.4, 0.5) is 0 Å². The van der Waals surface area contributed by atoms with Crippen LogP contribution in [0.25, 0.3) is 11.1 Å². The van der Waals surface area contributed by atoms with Crippen molar-refractivity contribution in [2.24, 2.45) is 0 Å². The smallest absolute Gasteiger partial charge is 0.338 e. The number of allylic oxidation sites excluding steroid dienone is 4. The van der Waals surface area contributed by atoms with Crippen molar-refractivity contribution in [1.82, 2.24) is 4.98 Å². The van der Waals surface area contributed by atoms with Gasteiger partial charge in [0.1, 0.15) is 5.52 Å². The Hall–Kier alpha value is -1.78. The van der Waals surface area contributed by atoms with Gasteiger partial charge in [0.2, 0.25) is 5.89 Å². The van der Waals surface area contributed by atoms with Gasteiger partial charge in [0.25, 0.3) is 0 Å². The summed E-state index contributed by atoms with van der Waals surface area (Å²) in [5, 5.41) is 9.55. The first-order chi connectivity index (χ1) is 9.52. The van der Waals surface area contributed by atoms with Crippen molar-refractivity contribution in [1.29, 1.82) is 0 Å². The van der Waals surface area contributed by atoms with Crippen molar-refractivity contribution in [3.8, 4) is 0 Å². The van der Waals surface area contributed by atoms with Gasteiger partial charge in [0, 0.05) is 5.03 Å². The lowest BCUT2D eigenvalue weighted by Gasteiger charge is -2.23. The molecule has 0 saturated carbocycles. The molecule has 6 heteroatoms. The van der Waals surface area contributed by atoms with E-state index in [9.17, 15) is 4.79 Å². The summed E-state index contributed by atoms with van der Waals surface area (Å²) in [4.78, 5) is 14.3. The van der Waals surface area contributed by atoms with E-state index in [0.29, 0.717) is 17.0 Å². The summed E-state index contributed by atoms with van der Waals surface area (Å²) in [7, 11) is 0. The van der Waals surface area contributed by atoms with Gasteiger partial charge in [0.05, 0.1) is 5.56 Å². The lowest BCUT2D eigenvalue weighted by atomic mass is 9.99. The highest BCUT2D eigenvalue weighted by atomic mass is 35.5. The fraction of sp³-hybridized carbons (Fsp3) is 0.143. The number of oxazole rings is 1. The molecule has 0 amide bonds. The summed E-state index contributed by atoms with van der Waals surface area (Å²) in [5.74, 6) is -0.863. The number of nitrogens with zero attached hydrogens (tertiary/aromatic N) is 1. The number of aromatic carboxylic acids is 1. The highest BCUT2D eigenvalue weighted by Crippen LogP contribution is 2.44. The molecule has 0 saturated heterocycles. The second-order valence-corrected chi connectivity index (χ2v) is 5.48. The van der Waals surface area contributed by atoms with Crippen molar-refractivity contribution in [2.75, 3.05) is 0 Å². The molecule has 1 atom stereocenters. The maximum absolute atomic E-state index is 11.2. The lowest BCUT2D eigenvalue weighted by Crippen LogP contribution is -2.20. The number of alkyl halides is 1. The molecular formula is C14H9Cl2NO3. The standard InChI is InChI=1S/C14H9Cl2NO3/c15-10-6-1-2-7-14(10,16)13-17-11-8(12(18)19)4-3-5-9(11)20-13/h1-6H,7H2,(H,18,19). The number of aromatic nitrogens is 1. The molecule has 1 aliphatic carbocycles. The van der Waals surface area contributed by atoms with E-state index < -0.39 is 10.8 Å². The Morgan fingerprint density at radius 2 is 2.25 bits per heavy atom. The molecule has 0 bridgehead atoms. The number of fused-ring (bicyclic) bond motifs is 1. The summed E-state index contributed by atoms with van der Waals surface area (Å²) < 4.78 is 5.61. The van der Waals surface area contributed by atoms with E-state index in [0.717, 1.165) is 0 Å². The SMILES string of the molecule is O=C(O)c1cccc2oc(C3(Cl)CC=CC=C3Cl)nc12. The zero-order chi connectivity index (χ0) is 14.3. The van der Waals surface area contributed by atoms with Gasteiger partial charge >= 0.3 is 5.97 Å². The minimum Gasteiger partial charge on any atom is -0.478 e. The van der Waals surface area contributed by atoms with Gasteiger partial charge < -0.3 is 9.52 Å². The van der Waals surface area contributed by atoms with Crippen LogP contribution in [0.15, 0.2) is 45.9 Å². The third-order valence-electron chi connectivity index (χ3n) is 3.14. The average molecular weight is 310 g/mol. The molecule has 1 N–H and O–H groups in total. The van der Waals surface area contributed by atoms with Gasteiger partial charge in [-0.2, -0.15) is 0 Å². The highest BCUT2D eigenvalue weighted by molar-refractivity contribution is 6.39. The summed E-state index contributed by atoms with van der Waals surface area (Å²) in [5.41, 5.74) is 0.720. The van der Waals surface area contributed by atoms with Gasteiger partial charge in [-0.15, -0.1) is 11.6 Å². The van der Waals surface area contributed by atoms with Crippen molar-refractivity contribution >= 4 is 40.3 Å². The van der Waals surface area contributed by atoms with Crippen LogP contribution in [0, 0.1) is 0 Å². The van der Waals surface area contributed by atoms with E-state index in [-0.39, 0.29) is 17.0 Å². The Morgan fingerprint density at radius 3 is 2.95 bits per heavy atom. The van der Waals surface area contributed by atoms with E-state index >= 15 is 0 Å². The molecule has 1 heterocycles. The molecular weight excluding hydrogens is 301 g/mol. The summed E-state index contributed by atoms with van der Waals surface area (Å²) in [6.07, 6.45) is 5.75. The molecule has 0 fully saturated rings. The molecule has 3 rings (SSSR count). The topological polar surface area (TPSA) is 63.3 Å². The van der Waals surface area contributed by atoms with E-state index in [2.05, 4.69) is 4.98 Å². The number of hydrogen-bond acceptors (Lipinski definition) is 3. The quantitative estimate of drug-likeness (QED) is 0.850. The van der Waals surface area contributed by atoms with Crippen LogP contribution in [-0.2, 0) is 4.87 Å². The number of para-hydroxylation sites is 1. The minimum atomic E-state index is -1.08. The van der Waals surface area contributed by atoms with Crippen LogP contribution >= 0.6 is 23.2 Å². The third kappa shape index (κ3) is 1.92. The maximum Gasteiger partial charge on any atom is 0.338 e. The van der Waals surface area contributed by atoms with Crippen LogP contribution in [-0.4, -0.2) is 16.1 Å². The molecule has 1 aliphatic rings. The van der Waals surface area contributed by atoms with E-state index in [1.807, 2.05) is 6.08 Å². The normalized spacial score (nSPS) is 22.0. The van der Waals surface area contributed by atoms with Crippen LogP contribution in [0.3, 0.4) is 0 Å². The molecule has 0 spiro atoms. The lowest BCUT2D eigenvalue weighted by molar-refractivity contribution is 0.0699. The van der Waals surface area contributed by atoms with Crippen molar-refractivity contribution < 1.29 is 14.3 Å². The summed E-state index contributed by atoms with van der Waals surface area (Å²) >= 11 is 12.6. The number of carbonyl (C=O) groups is 1. The first-order valence-corrected chi connectivity index (χ1v) is 6.63. The number of halogens is 2. The number of hydrogen-bond donors (Lipinski definition) is 1. The second kappa shape index (κ2) is 4.65. The molecule has 0 aliphatic heterocycles. The van der Waals surface area contributed by atoms with Crippen LogP contribution in [0.2, 0.25) is 0 Å². The third-order valence-corrected chi connectivity index (χ3v) is 4.21. The van der Waals surface area contributed by atoms with Crippen LogP contribution in [0.1, 0.15) is 22.7 Å². The fourth-order valence-corrected chi connectivity index (χ4v) is 2.56. The Morgan fingerprint density at radius 1 is 1.45 bits per heavy atom. The first-order valence-electron chi connectivity index (χ1n) is 5.87. The monoisotopic (exact) mass is 309 g/mol. The average Bonchev–Trinajstić information content (AvgIpc) is 2.86. The van der Waals surface area contributed by atoms with E-state index in [4.69, 9.17) is 32.7 Å². The maximum atomic E-state index is 11.2. The van der Waals surface area contributed by atoms with Gasteiger partial charge in [-0.3, -0.25) is 0 Å². The largest absolute Gasteiger partial charge is 0.478 e. The van der Waals surface area contributed by atoms with Gasteiger partial charge in [-0.1, -0.05) is 29.8 Å². The molecule has 20 heavy (non-hydrogen) atoms. The fourth-order valence-electron chi connectivity index (χ4n) is 2.09. The van der Waals surface area contributed by atoms with Crippen molar-refractivity contribution in [3.63, 3.8) is 0 Å². The Balaban J connectivity index is 2.19. The Kier molecular flexibility index (Phi) is 3.07. The molecule has 1 aromatic heterocycles. The molecule has 102 valence electrons. The second-order valence-electron chi connectivity index (χ2n) is 4.42. The molecule has 1 aromatic carbocycles. The van der Waals surface area contributed by atoms with Crippen LogP contribution < -0.4 is 0 Å². The number of benzene rings is 1. The Labute approximate surface area is 124 Å². The first kappa shape index (κ1) is 13.2. The van der Waals surface area contributed by atoms with Gasteiger partial charge in [0.15, 0.2) is 10.5 Å². The number of carboxylic acids is 1. The zero-order valence-corrected chi connectivity index (χ0v) is 11.6. The molecule has 0 radical (unpaired) electrons. The van der Waals surface area contributed by atoms with E-state index in [1.165, 1.54) is 6.07 Å². The minimum absolute atomic E-state index is 0.0734. The molecule has 1 unspecified atom stereocenters. The van der Waals surface area contributed by atoms with Crippen LogP contribution in [0.5, 0.6) is 0 Å². The molecule has 4 nitrogen and oxygen atoms in total. The van der Waals surface area contributed by atoms with Crippen molar-refractivity contribution in [3.05, 3.63) is 52.9 Å².